The molecule has 1 N–H and O–H groups in total. The first-order chi connectivity index (χ1) is 8.63. The van der Waals surface area contributed by atoms with Crippen molar-refractivity contribution in [3.8, 4) is 5.75 Å². The molecule has 2 rings (SSSR count). The van der Waals surface area contributed by atoms with Crippen molar-refractivity contribution in [3.63, 3.8) is 0 Å². The third kappa shape index (κ3) is 2.47. The summed E-state index contributed by atoms with van der Waals surface area (Å²) in [6.07, 6.45) is -1.08. The minimum Gasteiger partial charge on any atom is -0.496 e. The highest BCUT2D eigenvalue weighted by molar-refractivity contribution is 6.30. The smallest absolute Gasteiger partial charge is 0.129 e. The van der Waals surface area contributed by atoms with Crippen LogP contribution in [-0.4, -0.2) is 12.2 Å². The maximum absolute atomic E-state index is 13.6. The molecular formula is C14H12ClFO2. The first kappa shape index (κ1) is 12.9. The summed E-state index contributed by atoms with van der Waals surface area (Å²) < 4.78 is 18.8. The molecule has 0 bridgehead atoms. The van der Waals surface area contributed by atoms with E-state index >= 15 is 0 Å². The van der Waals surface area contributed by atoms with E-state index in [2.05, 4.69) is 0 Å². The Hall–Kier alpha value is -1.58. The second-order valence-corrected chi connectivity index (χ2v) is 4.25. The molecule has 0 aliphatic heterocycles. The number of halogens is 2. The average Bonchev–Trinajstić information content (AvgIpc) is 2.38. The van der Waals surface area contributed by atoms with Gasteiger partial charge in [0, 0.05) is 16.1 Å². The van der Waals surface area contributed by atoms with Crippen LogP contribution in [0, 0.1) is 5.82 Å². The van der Waals surface area contributed by atoms with Crippen LogP contribution in [0.4, 0.5) is 4.39 Å². The number of rotatable bonds is 3. The average molecular weight is 267 g/mol. The Morgan fingerprint density at radius 1 is 1.17 bits per heavy atom. The lowest BCUT2D eigenvalue weighted by atomic mass is 10.0. The summed E-state index contributed by atoms with van der Waals surface area (Å²) in [5.41, 5.74) is 0.685. The standard InChI is InChI=1S/C14H12ClFO2/c1-18-13-8-9(15)6-7-11(13)14(17)10-4-2-3-5-12(10)16/h2-8,14,17H,1H3. The van der Waals surface area contributed by atoms with Crippen molar-refractivity contribution in [2.24, 2.45) is 0 Å². The molecule has 0 saturated carbocycles. The lowest BCUT2D eigenvalue weighted by Crippen LogP contribution is -2.04. The van der Waals surface area contributed by atoms with E-state index < -0.39 is 11.9 Å². The number of hydrogen-bond donors (Lipinski definition) is 1. The van der Waals surface area contributed by atoms with E-state index in [-0.39, 0.29) is 5.56 Å². The molecule has 1 atom stereocenters. The topological polar surface area (TPSA) is 29.5 Å². The normalized spacial score (nSPS) is 12.2. The fraction of sp³-hybridized carbons (Fsp3) is 0.143. The van der Waals surface area contributed by atoms with E-state index in [0.717, 1.165) is 0 Å². The van der Waals surface area contributed by atoms with Crippen LogP contribution in [0.25, 0.3) is 0 Å². The largest absolute Gasteiger partial charge is 0.496 e. The first-order valence-corrected chi connectivity index (χ1v) is 5.77. The zero-order valence-corrected chi connectivity index (χ0v) is 10.5. The molecule has 0 aliphatic carbocycles. The number of aliphatic hydroxyl groups excluding tert-OH is 1. The van der Waals surface area contributed by atoms with Crippen molar-refractivity contribution < 1.29 is 14.2 Å². The van der Waals surface area contributed by atoms with Crippen LogP contribution < -0.4 is 4.74 Å². The van der Waals surface area contributed by atoms with Crippen molar-refractivity contribution in [1.29, 1.82) is 0 Å². The van der Waals surface area contributed by atoms with Crippen LogP contribution in [-0.2, 0) is 0 Å². The van der Waals surface area contributed by atoms with Gasteiger partial charge in [0.1, 0.15) is 17.7 Å². The van der Waals surface area contributed by atoms with Gasteiger partial charge in [-0.1, -0.05) is 35.9 Å². The maximum Gasteiger partial charge on any atom is 0.129 e. The Kier molecular flexibility index (Phi) is 3.84. The van der Waals surface area contributed by atoms with Gasteiger partial charge in [-0.05, 0) is 18.2 Å². The minimum absolute atomic E-state index is 0.207. The van der Waals surface area contributed by atoms with Gasteiger partial charge in [0.2, 0.25) is 0 Å². The van der Waals surface area contributed by atoms with Crippen LogP contribution in [0.5, 0.6) is 5.75 Å². The van der Waals surface area contributed by atoms with Gasteiger partial charge in [-0.15, -0.1) is 0 Å². The molecule has 0 amide bonds. The molecule has 18 heavy (non-hydrogen) atoms. The summed E-state index contributed by atoms with van der Waals surface area (Å²) in [7, 11) is 1.48. The van der Waals surface area contributed by atoms with E-state index in [9.17, 15) is 9.50 Å². The lowest BCUT2D eigenvalue weighted by Gasteiger charge is -2.16. The Morgan fingerprint density at radius 2 is 1.89 bits per heavy atom. The third-order valence-electron chi connectivity index (χ3n) is 2.69. The summed E-state index contributed by atoms with van der Waals surface area (Å²) in [5, 5.41) is 10.7. The molecule has 2 aromatic rings. The molecule has 94 valence electrons. The minimum atomic E-state index is -1.08. The second-order valence-electron chi connectivity index (χ2n) is 3.81. The highest BCUT2D eigenvalue weighted by Crippen LogP contribution is 2.32. The fourth-order valence-electron chi connectivity index (χ4n) is 1.78. The number of aliphatic hydroxyl groups is 1. The Labute approximate surface area is 110 Å². The van der Waals surface area contributed by atoms with E-state index in [4.69, 9.17) is 16.3 Å². The molecule has 0 heterocycles. The zero-order valence-electron chi connectivity index (χ0n) is 9.73. The highest BCUT2D eigenvalue weighted by atomic mass is 35.5. The van der Waals surface area contributed by atoms with E-state index in [1.807, 2.05) is 0 Å². The molecule has 1 unspecified atom stereocenters. The third-order valence-corrected chi connectivity index (χ3v) is 2.93. The van der Waals surface area contributed by atoms with E-state index in [1.54, 1.807) is 30.3 Å². The van der Waals surface area contributed by atoms with Crippen molar-refractivity contribution in [2.75, 3.05) is 7.11 Å². The summed E-state index contributed by atoms with van der Waals surface area (Å²) in [6.45, 7) is 0. The Balaban J connectivity index is 2.46. The summed E-state index contributed by atoms with van der Waals surface area (Å²) in [5.74, 6) is -0.0275. The van der Waals surface area contributed by atoms with Gasteiger partial charge in [0.25, 0.3) is 0 Å². The number of ether oxygens (including phenoxy) is 1. The van der Waals surface area contributed by atoms with Gasteiger partial charge in [0.15, 0.2) is 0 Å². The van der Waals surface area contributed by atoms with Gasteiger partial charge >= 0.3 is 0 Å². The molecule has 0 aromatic heterocycles. The van der Waals surface area contributed by atoms with Crippen molar-refractivity contribution in [1.82, 2.24) is 0 Å². The fourth-order valence-corrected chi connectivity index (χ4v) is 1.94. The van der Waals surface area contributed by atoms with Gasteiger partial charge in [-0.2, -0.15) is 0 Å². The predicted molar refractivity (Wildman–Crippen MR) is 68.5 cm³/mol. The first-order valence-electron chi connectivity index (χ1n) is 5.39. The van der Waals surface area contributed by atoms with Gasteiger partial charge < -0.3 is 9.84 Å². The van der Waals surface area contributed by atoms with Crippen LogP contribution in [0.3, 0.4) is 0 Å². The summed E-state index contributed by atoms with van der Waals surface area (Å²) in [4.78, 5) is 0. The monoisotopic (exact) mass is 266 g/mol. The van der Waals surface area contributed by atoms with Gasteiger partial charge in [-0.3, -0.25) is 0 Å². The van der Waals surface area contributed by atoms with Gasteiger partial charge in [0.05, 0.1) is 7.11 Å². The van der Waals surface area contributed by atoms with E-state index in [0.29, 0.717) is 16.3 Å². The second kappa shape index (κ2) is 5.38. The molecule has 2 nitrogen and oxygen atoms in total. The molecule has 0 saturated heterocycles. The molecule has 0 aliphatic rings. The summed E-state index contributed by atoms with van der Waals surface area (Å²) in [6, 6.07) is 10.9. The molecule has 0 radical (unpaired) electrons. The number of methoxy groups -OCH3 is 1. The number of hydrogen-bond acceptors (Lipinski definition) is 2. The quantitative estimate of drug-likeness (QED) is 0.920. The van der Waals surface area contributed by atoms with Crippen molar-refractivity contribution in [3.05, 3.63) is 64.4 Å². The SMILES string of the molecule is COc1cc(Cl)ccc1C(O)c1ccccc1F. The molecule has 0 spiro atoms. The van der Waals surface area contributed by atoms with Gasteiger partial charge in [-0.25, -0.2) is 4.39 Å². The van der Waals surface area contributed by atoms with Crippen LogP contribution in [0.1, 0.15) is 17.2 Å². The zero-order chi connectivity index (χ0) is 13.1. The summed E-state index contributed by atoms with van der Waals surface area (Å²) >= 11 is 5.84. The number of benzene rings is 2. The predicted octanol–water partition coefficient (Wildman–Crippen LogP) is 3.57. The molecule has 4 heteroatoms. The lowest BCUT2D eigenvalue weighted by molar-refractivity contribution is 0.209. The van der Waals surface area contributed by atoms with Crippen molar-refractivity contribution in [2.45, 2.75) is 6.10 Å². The Bertz CT molecular complexity index is 557. The highest BCUT2D eigenvalue weighted by Gasteiger charge is 2.18. The van der Waals surface area contributed by atoms with Crippen LogP contribution in [0.2, 0.25) is 5.02 Å². The van der Waals surface area contributed by atoms with Crippen LogP contribution in [0.15, 0.2) is 42.5 Å². The molecule has 0 fully saturated rings. The van der Waals surface area contributed by atoms with E-state index in [1.165, 1.54) is 19.2 Å². The maximum atomic E-state index is 13.6. The molecule has 2 aromatic carbocycles. The van der Waals surface area contributed by atoms with Crippen molar-refractivity contribution >= 4 is 11.6 Å². The Morgan fingerprint density at radius 3 is 2.56 bits per heavy atom. The molecular weight excluding hydrogens is 255 g/mol. The van der Waals surface area contributed by atoms with Crippen LogP contribution >= 0.6 is 11.6 Å².